The first-order chi connectivity index (χ1) is 16.0. The molecule has 0 spiro atoms. The molecular weight excluding hydrogens is 428 g/mol. The van der Waals surface area contributed by atoms with Crippen LogP contribution in [0.3, 0.4) is 0 Å². The van der Waals surface area contributed by atoms with Crippen molar-refractivity contribution in [1.29, 1.82) is 0 Å². The third kappa shape index (κ3) is 9.14. The summed E-state index contributed by atoms with van der Waals surface area (Å²) in [4.78, 5) is 0. The molecule has 5 heteroatoms. The lowest BCUT2D eigenvalue weighted by atomic mass is 9.96. The summed E-state index contributed by atoms with van der Waals surface area (Å²) in [5, 5.41) is 13.2. The molecule has 33 heavy (non-hydrogen) atoms. The Morgan fingerprint density at radius 1 is 1.00 bits per heavy atom. The molecule has 0 bridgehead atoms. The number of nitrogens with zero attached hydrogens (tertiary/aromatic N) is 4. The van der Waals surface area contributed by atoms with Crippen molar-refractivity contribution in [3.05, 3.63) is 96.0 Å². The van der Waals surface area contributed by atoms with Crippen molar-refractivity contribution < 1.29 is 0 Å². The van der Waals surface area contributed by atoms with Gasteiger partial charge in [0.05, 0.1) is 5.69 Å². The van der Waals surface area contributed by atoms with Gasteiger partial charge in [0.15, 0.2) is 5.49 Å². The average Bonchev–Trinajstić information content (AvgIpc) is 2.83. The lowest BCUT2D eigenvalue weighted by Gasteiger charge is -2.14. The molecule has 1 aromatic heterocycles. The van der Waals surface area contributed by atoms with E-state index >= 15 is 0 Å². The second-order valence-electron chi connectivity index (χ2n) is 6.46. The molecule has 2 aromatic carbocycles. The van der Waals surface area contributed by atoms with Gasteiger partial charge in [0, 0.05) is 29.9 Å². The topological polar surface area (TPSA) is 42.5 Å². The fourth-order valence-corrected chi connectivity index (χ4v) is 2.95. The lowest BCUT2D eigenvalue weighted by molar-refractivity contribution is 0.689. The van der Waals surface area contributed by atoms with Crippen LogP contribution >= 0.6 is 11.6 Å². The molecule has 0 saturated heterocycles. The van der Waals surface area contributed by atoms with Gasteiger partial charge < -0.3 is 0 Å². The molecule has 0 aliphatic rings. The number of allylic oxidation sites excluding steroid dienone is 2. The molecule has 0 amide bonds. The van der Waals surface area contributed by atoms with Crippen LogP contribution in [0.4, 0.5) is 0 Å². The van der Waals surface area contributed by atoms with Crippen molar-refractivity contribution in [2.45, 2.75) is 27.2 Å². The quantitative estimate of drug-likeness (QED) is 0.177. The number of rotatable bonds is 4. The van der Waals surface area contributed by atoms with E-state index < -0.39 is 0 Å². The van der Waals surface area contributed by atoms with E-state index in [0.29, 0.717) is 10.5 Å². The zero-order valence-electron chi connectivity index (χ0n) is 20.0. The zero-order chi connectivity index (χ0) is 25.2. The van der Waals surface area contributed by atoms with Gasteiger partial charge in [0.2, 0.25) is 0 Å². The van der Waals surface area contributed by atoms with Gasteiger partial charge in [-0.3, -0.25) is 0 Å². The van der Waals surface area contributed by atoms with Crippen LogP contribution in [0.1, 0.15) is 26.3 Å². The van der Waals surface area contributed by atoms with Crippen LogP contribution in [-0.2, 0) is 13.5 Å². The lowest BCUT2D eigenvalue weighted by Crippen LogP contribution is -2.21. The number of hydrogen-bond donors (Lipinski definition) is 0. The molecule has 0 aliphatic heterocycles. The largest absolute Gasteiger partial charge is 0.249 e. The first-order valence-corrected chi connectivity index (χ1v) is 10.7. The second kappa shape index (κ2) is 16.9. The predicted molar refractivity (Wildman–Crippen MR) is 145 cm³/mol. The van der Waals surface area contributed by atoms with E-state index in [1.54, 1.807) is 16.8 Å². The molecule has 1 heterocycles. The maximum atomic E-state index is 6.05. The van der Waals surface area contributed by atoms with Crippen LogP contribution in [0, 0.1) is 12.8 Å². The highest BCUT2D eigenvalue weighted by molar-refractivity contribution is 6.30. The summed E-state index contributed by atoms with van der Waals surface area (Å²) in [6, 6.07) is 18.0. The minimum atomic E-state index is 0.637. The van der Waals surface area contributed by atoms with Crippen LogP contribution in [0.25, 0.3) is 22.4 Å². The number of hydrogen-bond acceptors (Lipinski definition) is 3. The Balaban J connectivity index is 0.00000113. The third-order valence-electron chi connectivity index (χ3n) is 4.09. The summed E-state index contributed by atoms with van der Waals surface area (Å²) >= 11 is 6.05. The summed E-state index contributed by atoms with van der Waals surface area (Å²) in [7, 11) is 1.85. The fourth-order valence-electron chi connectivity index (χ4n) is 2.82. The number of halogens is 1. The normalized spacial score (nSPS) is 9.61. The maximum Gasteiger partial charge on any atom is 0.171 e. The van der Waals surface area contributed by atoms with Crippen molar-refractivity contribution in [1.82, 2.24) is 9.78 Å². The highest BCUT2D eigenvalue weighted by Crippen LogP contribution is 2.32. The molecule has 0 aliphatic carbocycles. The van der Waals surface area contributed by atoms with Gasteiger partial charge in [-0.15, -0.1) is 31.1 Å². The van der Waals surface area contributed by atoms with E-state index in [4.69, 9.17) is 16.7 Å². The van der Waals surface area contributed by atoms with Gasteiger partial charge in [-0.25, -0.2) is 4.68 Å². The average molecular weight is 461 g/mol. The summed E-state index contributed by atoms with van der Waals surface area (Å²) in [6.45, 7) is 16.1. The number of aryl methyl sites for hydroxylation is 2. The zero-order valence-corrected chi connectivity index (χ0v) is 20.8. The van der Waals surface area contributed by atoms with Crippen molar-refractivity contribution in [3.63, 3.8) is 0 Å². The minimum Gasteiger partial charge on any atom is -0.249 e. The van der Waals surface area contributed by atoms with Crippen LogP contribution in [0.2, 0.25) is 5.02 Å². The SMILES string of the molecule is C#C.C=CC.C=CC.C=N/N=c1/cc(-c2ccc(Cl)cc2)c(-c2ccccc2CC)nn1C. The van der Waals surface area contributed by atoms with Gasteiger partial charge in [-0.2, -0.15) is 10.2 Å². The summed E-state index contributed by atoms with van der Waals surface area (Å²) in [6.07, 6.45) is 12.4. The van der Waals surface area contributed by atoms with Crippen molar-refractivity contribution in [2.24, 2.45) is 17.3 Å². The number of terminal acetylenes is 1. The summed E-state index contributed by atoms with van der Waals surface area (Å²) in [5.74, 6) is 0. The first kappa shape index (κ1) is 29.3. The Morgan fingerprint density at radius 2 is 1.55 bits per heavy atom. The van der Waals surface area contributed by atoms with Crippen LogP contribution in [0.5, 0.6) is 0 Å². The van der Waals surface area contributed by atoms with Gasteiger partial charge in [-0.05, 0) is 49.6 Å². The standard InChI is InChI=1S/C20H19ClN4.2C3H6.C2H2/c1-4-14-7-5-6-8-17(14)20-18(15-9-11-16(21)12-10-15)13-19(23-22-2)25(3)24-20;2*1-3-2;1-2/h5-13H,2,4H2,1,3H3;2*3H,1H2,2H3;1-2H/b23-19-;;;. The highest BCUT2D eigenvalue weighted by atomic mass is 35.5. The highest BCUT2D eigenvalue weighted by Gasteiger charge is 2.14. The van der Waals surface area contributed by atoms with E-state index in [9.17, 15) is 0 Å². The van der Waals surface area contributed by atoms with Gasteiger partial charge in [0.1, 0.15) is 0 Å². The van der Waals surface area contributed by atoms with Crippen molar-refractivity contribution >= 4 is 18.3 Å². The van der Waals surface area contributed by atoms with Crippen LogP contribution < -0.4 is 5.49 Å². The number of benzene rings is 2. The van der Waals surface area contributed by atoms with Gasteiger partial charge in [-0.1, -0.05) is 67.1 Å². The van der Waals surface area contributed by atoms with E-state index in [0.717, 1.165) is 28.8 Å². The van der Waals surface area contributed by atoms with Gasteiger partial charge >= 0.3 is 0 Å². The monoisotopic (exact) mass is 460 g/mol. The third-order valence-corrected chi connectivity index (χ3v) is 4.34. The van der Waals surface area contributed by atoms with E-state index in [2.05, 4.69) is 68.0 Å². The molecule has 3 aromatic rings. The molecule has 172 valence electrons. The Labute approximate surface area is 203 Å². The summed E-state index contributed by atoms with van der Waals surface area (Å²) < 4.78 is 1.72. The molecule has 0 unspecified atom stereocenters. The molecule has 0 atom stereocenters. The predicted octanol–water partition coefficient (Wildman–Crippen LogP) is 7.12. The Morgan fingerprint density at radius 3 is 2.06 bits per heavy atom. The van der Waals surface area contributed by atoms with Crippen molar-refractivity contribution in [3.8, 4) is 35.2 Å². The molecular formula is C28H33ClN4. The van der Waals surface area contributed by atoms with Crippen LogP contribution in [0.15, 0.2) is 90.1 Å². The number of aromatic nitrogens is 2. The molecule has 0 radical (unpaired) electrons. The van der Waals surface area contributed by atoms with Crippen molar-refractivity contribution in [2.75, 3.05) is 0 Å². The Hall–Kier alpha value is -3.68. The Kier molecular flexibility index (Phi) is 15.1. The van der Waals surface area contributed by atoms with E-state index in [1.165, 1.54) is 5.56 Å². The molecule has 4 nitrogen and oxygen atoms in total. The van der Waals surface area contributed by atoms with Crippen LogP contribution in [-0.4, -0.2) is 16.5 Å². The molecule has 0 fully saturated rings. The fraction of sp³-hybridized carbons (Fsp3) is 0.179. The first-order valence-electron chi connectivity index (χ1n) is 10.4. The van der Waals surface area contributed by atoms with E-state index in [-0.39, 0.29) is 0 Å². The molecule has 0 saturated carbocycles. The van der Waals surface area contributed by atoms with Gasteiger partial charge in [0.25, 0.3) is 0 Å². The second-order valence-corrected chi connectivity index (χ2v) is 6.90. The maximum absolute atomic E-state index is 6.05. The molecule has 0 N–H and O–H groups in total. The van der Waals surface area contributed by atoms with E-state index in [1.807, 2.05) is 57.3 Å². The Bertz CT molecular complexity index is 1100. The summed E-state index contributed by atoms with van der Waals surface area (Å²) in [5.41, 5.74) is 5.92. The minimum absolute atomic E-state index is 0.637. The molecule has 3 rings (SSSR count). The smallest absolute Gasteiger partial charge is 0.171 e.